The van der Waals surface area contributed by atoms with E-state index in [4.69, 9.17) is 17.3 Å². The third-order valence-electron chi connectivity index (χ3n) is 2.30. The number of thioether (sulfide) groups is 1. The van der Waals surface area contributed by atoms with Crippen molar-refractivity contribution >= 4 is 35.0 Å². The van der Waals surface area contributed by atoms with E-state index < -0.39 is 0 Å². The summed E-state index contributed by atoms with van der Waals surface area (Å²) in [6.45, 7) is 0.681. The highest BCUT2D eigenvalue weighted by Gasteiger charge is 2.09. The van der Waals surface area contributed by atoms with E-state index in [-0.39, 0.29) is 5.91 Å². The number of nitrogens with two attached hydrogens (primary N) is 1. The number of hydrogen-bond acceptors (Lipinski definition) is 3. The molecule has 0 aliphatic carbocycles. The van der Waals surface area contributed by atoms with Crippen LogP contribution in [0.5, 0.6) is 0 Å². The largest absolute Gasteiger partial charge is 0.399 e. The fourth-order valence-electron chi connectivity index (χ4n) is 1.38. The van der Waals surface area contributed by atoms with Gasteiger partial charge in [-0.25, -0.2) is 0 Å². The van der Waals surface area contributed by atoms with Crippen molar-refractivity contribution in [2.75, 3.05) is 24.3 Å². The van der Waals surface area contributed by atoms with Crippen LogP contribution < -0.4 is 11.1 Å². The Kier molecular flexibility index (Phi) is 6.22. The minimum atomic E-state index is -0.140. The molecule has 1 aromatic rings. The quantitative estimate of drug-likeness (QED) is 0.618. The molecule has 5 heteroatoms. The molecule has 1 rings (SSSR count). The van der Waals surface area contributed by atoms with Crippen LogP contribution in [0.1, 0.15) is 23.2 Å². The molecule has 0 unspecified atom stereocenters. The fourth-order valence-corrected chi connectivity index (χ4v) is 2.15. The van der Waals surface area contributed by atoms with Crippen molar-refractivity contribution in [1.29, 1.82) is 0 Å². The molecule has 1 amide bonds. The molecule has 0 fully saturated rings. The Morgan fingerprint density at radius 2 is 2.24 bits per heavy atom. The molecule has 17 heavy (non-hydrogen) atoms. The lowest BCUT2D eigenvalue weighted by molar-refractivity contribution is 0.0953. The van der Waals surface area contributed by atoms with Crippen molar-refractivity contribution in [2.24, 2.45) is 0 Å². The first-order valence-electron chi connectivity index (χ1n) is 5.47. The van der Waals surface area contributed by atoms with E-state index in [0.717, 1.165) is 18.6 Å². The molecular weight excluding hydrogens is 256 g/mol. The number of rotatable bonds is 6. The van der Waals surface area contributed by atoms with E-state index in [1.54, 1.807) is 18.2 Å². The number of carbonyl (C=O) groups is 1. The molecule has 3 nitrogen and oxygen atoms in total. The minimum absolute atomic E-state index is 0.140. The van der Waals surface area contributed by atoms with Crippen LogP contribution >= 0.6 is 23.4 Å². The summed E-state index contributed by atoms with van der Waals surface area (Å²) in [5.41, 5.74) is 6.60. The first kappa shape index (κ1) is 14.2. The van der Waals surface area contributed by atoms with Crippen LogP contribution in [-0.2, 0) is 0 Å². The number of unbranched alkanes of at least 4 members (excludes halogenated alkanes) is 1. The Hall–Kier alpha value is -0.870. The van der Waals surface area contributed by atoms with Crippen LogP contribution in [0.3, 0.4) is 0 Å². The number of hydrogen-bond donors (Lipinski definition) is 2. The van der Waals surface area contributed by atoms with E-state index >= 15 is 0 Å². The lowest BCUT2D eigenvalue weighted by Crippen LogP contribution is -2.24. The standard InChI is InChI=1S/C12H17ClN2OS/c1-17-7-3-2-6-15-12(16)10-5-4-9(14)8-11(10)13/h4-5,8H,2-3,6-7,14H2,1H3,(H,15,16). The number of anilines is 1. The zero-order valence-corrected chi connectivity index (χ0v) is 11.4. The van der Waals surface area contributed by atoms with Gasteiger partial charge in [-0.05, 0) is 43.0 Å². The van der Waals surface area contributed by atoms with Gasteiger partial charge in [-0.2, -0.15) is 11.8 Å². The molecule has 0 radical (unpaired) electrons. The van der Waals surface area contributed by atoms with Gasteiger partial charge in [0.1, 0.15) is 0 Å². The molecule has 0 aromatic heterocycles. The van der Waals surface area contributed by atoms with Crippen LogP contribution in [-0.4, -0.2) is 24.5 Å². The van der Waals surface area contributed by atoms with Crippen molar-refractivity contribution < 1.29 is 4.79 Å². The van der Waals surface area contributed by atoms with Crippen molar-refractivity contribution in [1.82, 2.24) is 5.32 Å². The van der Waals surface area contributed by atoms with Gasteiger partial charge < -0.3 is 11.1 Å². The molecule has 3 N–H and O–H groups in total. The highest BCUT2D eigenvalue weighted by atomic mass is 35.5. The van der Waals surface area contributed by atoms with Crippen LogP contribution in [0.15, 0.2) is 18.2 Å². The van der Waals surface area contributed by atoms with Crippen molar-refractivity contribution in [3.05, 3.63) is 28.8 Å². The van der Waals surface area contributed by atoms with Gasteiger partial charge in [-0.3, -0.25) is 4.79 Å². The summed E-state index contributed by atoms with van der Waals surface area (Å²) in [6.07, 6.45) is 4.17. The van der Waals surface area contributed by atoms with Crippen LogP contribution in [0.2, 0.25) is 5.02 Å². The highest BCUT2D eigenvalue weighted by molar-refractivity contribution is 7.98. The predicted molar refractivity (Wildman–Crippen MR) is 75.8 cm³/mol. The van der Waals surface area contributed by atoms with Gasteiger partial charge in [0.05, 0.1) is 10.6 Å². The molecular formula is C12H17ClN2OS. The van der Waals surface area contributed by atoms with Crippen LogP contribution in [0, 0.1) is 0 Å². The lowest BCUT2D eigenvalue weighted by Gasteiger charge is -2.07. The average Bonchev–Trinajstić information content (AvgIpc) is 2.28. The second kappa shape index (κ2) is 7.45. The minimum Gasteiger partial charge on any atom is -0.399 e. The second-order valence-corrected chi connectivity index (χ2v) is 5.09. The Labute approximate surface area is 111 Å². The SMILES string of the molecule is CSCCCCNC(=O)c1ccc(N)cc1Cl. The molecule has 94 valence electrons. The number of benzene rings is 1. The monoisotopic (exact) mass is 272 g/mol. The summed E-state index contributed by atoms with van der Waals surface area (Å²) in [5.74, 6) is 0.984. The number of amides is 1. The van der Waals surface area contributed by atoms with Crippen molar-refractivity contribution in [2.45, 2.75) is 12.8 Å². The third kappa shape index (κ3) is 4.88. The molecule has 0 bridgehead atoms. The topological polar surface area (TPSA) is 55.1 Å². The van der Waals surface area contributed by atoms with Crippen LogP contribution in [0.25, 0.3) is 0 Å². The van der Waals surface area contributed by atoms with Gasteiger partial charge in [0.15, 0.2) is 0 Å². The number of halogens is 1. The van der Waals surface area contributed by atoms with Gasteiger partial charge >= 0.3 is 0 Å². The Morgan fingerprint density at radius 3 is 2.88 bits per heavy atom. The van der Waals surface area contributed by atoms with E-state index in [1.165, 1.54) is 0 Å². The zero-order valence-electron chi connectivity index (χ0n) is 9.83. The van der Waals surface area contributed by atoms with Gasteiger partial charge in [-0.15, -0.1) is 0 Å². The van der Waals surface area contributed by atoms with Crippen molar-refractivity contribution in [3.8, 4) is 0 Å². The van der Waals surface area contributed by atoms with E-state index in [9.17, 15) is 4.79 Å². The molecule has 0 saturated heterocycles. The van der Waals surface area contributed by atoms with Gasteiger partial charge in [0, 0.05) is 12.2 Å². The average molecular weight is 273 g/mol. The number of carbonyl (C=O) groups excluding carboxylic acids is 1. The summed E-state index contributed by atoms with van der Waals surface area (Å²) in [5, 5.41) is 3.24. The van der Waals surface area contributed by atoms with E-state index in [1.807, 2.05) is 11.8 Å². The highest BCUT2D eigenvalue weighted by Crippen LogP contribution is 2.18. The van der Waals surface area contributed by atoms with Crippen molar-refractivity contribution in [3.63, 3.8) is 0 Å². The lowest BCUT2D eigenvalue weighted by atomic mass is 10.2. The summed E-state index contributed by atoms with van der Waals surface area (Å²) >= 11 is 7.76. The fraction of sp³-hybridized carbons (Fsp3) is 0.417. The second-order valence-electron chi connectivity index (χ2n) is 3.70. The van der Waals surface area contributed by atoms with Gasteiger partial charge in [0.2, 0.25) is 0 Å². The predicted octanol–water partition coefficient (Wildman–Crippen LogP) is 2.80. The Morgan fingerprint density at radius 1 is 1.47 bits per heavy atom. The number of nitrogens with one attached hydrogen (secondary N) is 1. The Bertz CT molecular complexity index is 385. The number of nitrogen functional groups attached to an aromatic ring is 1. The Balaban J connectivity index is 2.42. The molecule has 0 aliphatic rings. The zero-order chi connectivity index (χ0) is 12.7. The third-order valence-corrected chi connectivity index (χ3v) is 3.31. The molecule has 0 aliphatic heterocycles. The maximum absolute atomic E-state index is 11.8. The first-order valence-corrected chi connectivity index (χ1v) is 7.24. The van der Waals surface area contributed by atoms with E-state index in [0.29, 0.717) is 22.8 Å². The summed E-state index contributed by atoms with van der Waals surface area (Å²) < 4.78 is 0. The smallest absolute Gasteiger partial charge is 0.252 e. The maximum atomic E-state index is 11.8. The van der Waals surface area contributed by atoms with Gasteiger partial charge in [0.25, 0.3) is 5.91 Å². The molecule has 0 spiro atoms. The molecule has 1 aromatic carbocycles. The first-order chi connectivity index (χ1) is 8.15. The molecule has 0 atom stereocenters. The maximum Gasteiger partial charge on any atom is 0.252 e. The summed E-state index contributed by atoms with van der Waals surface area (Å²) in [6, 6.07) is 4.91. The molecule has 0 heterocycles. The summed E-state index contributed by atoms with van der Waals surface area (Å²) in [7, 11) is 0. The summed E-state index contributed by atoms with van der Waals surface area (Å²) in [4.78, 5) is 11.8. The molecule has 0 saturated carbocycles. The van der Waals surface area contributed by atoms with E-state index in [2.05, 4.69) is 11.6 Å². The normalized spacial score (nSPS) is 10.2. The van der Waals surface area contributed by atoms with Gasteiger partial charge in [-0.1, -0.05) is 11.6 Å². The van der Waals surface area contributed by atoms with Crippen LogP contribution in [0.4, 0.5) is 5.69 Å².